The molecule has 0 unspecified atom stereocenters. The molecule has 0 aromatic heterocycles. The van der Waals surface area contributed by atoms with E-state index in [9.17, 15) is 24.1 Å². The third-order valence-electron chi connectivity index (χ3n) is 3.23. The number of halogens is 2. The van der Waals surface area contributed by atoms with E-state index in [2.05, 4.69) is 5.32 Å². The summed E-state index contributed by atoms with van der Waals surface area (Å²) in [5, 5.41) is 13.1. The van der Waals surface area contributed by atoms with Crippen molar-refractivity contribution in [3.8, 4) is 5.75 Å². The fourth-order valence-electron chi connectivity index (χ4n) is 1.95. The zero-order valence-electron chi connectivity index (χ0n) is 14.0. The number of anilines is 1. The number of ether oxygens (including phenoxy) is 2. The van der Waals surface area contributed by atoms with Crippen LogP contribution in [0.4, 0.5) is 15.8 Å². The standard InChI is InChI=1S/C17H14ClFN2O6/c1-10-2-4-12(18)15(6-10)26-9-17(23)27-8-16(22)20-14-7-11(21(24)25)3-5-13(14)19/h2-7H,8-9H2,1H3,(H,20,22). The highest BCUT2D eigenvalue weighted by atomic mass is 35.5. The Hall–Kier alpha value is -3.20. The fraction of sp³-hybridized carbons (Fsp3) is 0.176. The number of esters is 1. The van der Waals surface area contributed by atoms with Crippen molar-refractivity contribution in [3.05, 3.63) is 62.9 Å². The highest BCUT2D eigenvalue weighted by Gasteiger charge is 2.15. The zero-order valence-corrected chi connectivity index (χ0v) is 14.8. The topological polar surface area (TPSA) is 108 Å². The Labute approximate surface area is 158 Å². The van der Waals surface area contributed by atoms with Gasteiger partial charge in [0.1, 0.15) is 11.6 Å². The van der Waals surface area contributed by atoms with Gasteiger partial charge in [-0.15, -0.1) is 0 Å². The third-order valence-corrected chi connectivity index (χ3v) is 3.54. The molecule has 0 saturated heterocycles. The lowest BCUT2D eigenvalue weighted by molar-refractivity contribution is -0.384. The molecule has 0 spiro atoms. The summed E-state index contributed by atoms with van der Waals surface area (Å²) in [6, 6.07) is 7.67. The van der Waals surface area contributed by atoms with E-state index in [1.165, 1.54) is 0 Å². The average molecular weight is 397 g/mol. The lowest BCUT2D eigenvalue weighted by Gasteiger charge is -2.09. The Morgan fingerprint density at radius 1 is 1.22 bits per heavy atom. The number of hydrogen-bond acceptors (Lipinski definition) is 6. The highest BCUT2D eigenvalue weighted by molar-refractivity contribution is 6.32. The molecule has 0 saturated carbocycles. The van der Waals surface area contributed by atoms with Crippen LogP contribution >= 0.6 is 11.6 Å². The monoisotopic (exact) mass is 396 g/mol. The molecule has 2 aromatic carbocycles. The molecular weight excluding hydrogens is 383 g/mol. The van der Waals surface area contributed by atoms with Crippen LogP contribution in [0.5, 0.6) is 5.75 Å². The number of nitro groups is 1. The van der Waals surface area contributed by atoms with E-state index in [0.717, 1.165) is 23.8 Å². The summed E-state index contributed by atoms with van der Waals surface area (Å²) in [6.07, 6.45) is 0. The van der Waals surface area contributed by atoms with E-state index in [0.29, 0.717) is 5.02 Å². The van der Waals surface area contributed by atoms with Gasteiger partial charge >= 0.3 is 5.97 Å². The molecule has 8 nitrogen and oxygen atoms in total. The van der Waals surface area contributed by atoms with Gasteiger partial charge in [0, 0.05) is 12.1 Å². The number of non-ortho nitro benzene ring substituents is 1. The molecule has 0 heterocycles. The van der Waals surface area contributed by atoms with Crippen molar-refractivity contribution < 1.29 is 28.4 Å². The minimum Gasteiger partial charge on any atom is -0.480 e. The summed E-state index contributed by atoms with van der Waals surface area (Å²) >= 11 is 5.92. The SMILES string of the molecule is Cc1ccc(Cl)c(OCC(=O)OCC(=O)Nc2cc([N+](=O)[O-])ccc2F)c1. The molecule has 0 aliphatic rings. The molecule has 1 N–H and O–H groups in total. The number of nitro benzene ring substituents is 1. The number of hydrogen-bond donors (Lipinski definition) is 1. The highest BCUT2D eigenvalue weighted by Crippen LogP contribution is 2.25. The molecule has 142 valence electrons. The van der Waals surface area contributed by atoms with Gasteiger partial charge in [-0.1, -0.05) is 17.7 Å². The van der Waals surface area contributed by atoms with Gasteiger partial charge in [-0.2, -0.15) is 0 Å². The number of benzene rings is 2. The van der Waals surface area contributed by atoms with Gasteiger partial charge in [0.05, 0.1) is 15.6 Å². The largest absolute Gasteiger partial charge is 0.480 e. The average Bonchev–Trinajstić information content (AvgIpc) is 2.62. The number of carbonyl (C=O) groups excluding carboxylic acids is 2. The van der Waals surface area contributed by atoms with Crippen LogP contribution < -0.4 is 10.1 Å². The van der Waals surface area contributed by atoms with Crippen molar-refractivity contribution in [2.24, 2.45) is 0 Å². The molecule has 27 heavy (non-hydrogen) atoms. The third kappa shape index (κ3) is 5.93. The van der Waals surface area contributed by atoms with Gasteiger partial charge in [-0.25, -0.2) is 9.18 Å². The molecule has 0 aliphatic heterocycles. The van der Waals surface area contributed by atoms with Gasteiger partial charge in [0.25, 0.3) is 11.6 Å². The van der Waals surface area contributed by atoms with E-state index in [4.69, 9.17) is 21.1 Å². The second-order valence-corrected chi connectivity index (χ2v) is 5.76. The predicted molar refractivity (Wildman–Crippen MR) is 94.3 cm³/mol. The molecule has 2 aromatic rings. The summed E-state index contributed by atoms with van der Waals surface area (Å²) in [5.41, 5.74) is 0.0845. The number of nitrogens with one attached hydrogen (secondary N) is 1. The van der Waals surface area contributed by atoms with Crippen LogP contribution in [0.2, 0.25) is 5.02 Å². The maximum absolute atomic E-state index is 13.6. The van der Waals surface area contributed by atoms with Crippen molar-refractivity contribution >= 4 is 34.9 Å². The van der Waals surface area contributed by atoms with Gasteiger partial charge < -0.3 is 14.8 Å². The van der Waals surface area contributed by atoms with Crippen molar-refractivity contribution in [2.45, 2.75) is 6.92 Å². The van der Waals surface area contributed by atoms with E-state index < -0.39 is 47.2 Å². The van der Waals surface area contributed by atoms with Crippen LogP contribution in [0.15, 0.2) is 36.4 Å². The maximum atomic E-state index is 13.6. The molecule has 2 rings (SSSR count). The lowest BCUT2D eigenvalue weighted by atomic mass is 10.2. The summed E-state index contributed by atoms with van der Waals surface area (Å²) in [4.78, 5) is 33.3. The molecule has 0 fully saturated rings. The predicted octanol–water partition coefficient (Wildman–Crippen LogP) is 3.26. The fourth-order valence-corrected chi connectivity index (χ4v) is 2.13. The number of aryl methyl sites for hydroxylation is 1. The summed E-state index contributed by atoms with van der Waals surface area (Å²) in [5.74, 6) is -2.28. The van der Waals surface area contributed by atoms with E-state index in [1.54, 1.807) is 18.2 Å². The Morgan fingerprint density at radius 2 is 1.96 bits per heavy atom. The van der Waals surface area contributed by atoms with E-state index >= 15 is 0 Å². The quantitative estimate of drug-likeness (QED) is 0.437. The van der Waals surface area contributed by atoms with Crippen molar-refractivity contribution in [1.82, 2.24) is 0 Å². The smallest absolute Gasteiger partial charge is 0.344 e. The number of nitrogens with zero attached hydrogens (tertiary/aromatic N) is 1. The number of carbonyl (C=O) groups is 2. The first kappa shape index (κ1) is 20.1. The van der Waals surface area contributed by atoms with Crippen molar-refractivity contribution in [3.63, 3.8) is 0 Å². The molecule has 10 heteroatoms. The van der Waals surface area contributed by atoms with Crippen LogP contribution in [0, 0.1) is 22.9 Å². The second-order valence-electron chi connectivity index (χ2n) is 5.35. The van der Waals surface area contributed by atoms with Crippen LogP contribution in [0.25, 0.3) is 0 Å². The Balaban J connectivity index is 1.85. The minimum atomic E-state index is -0.865. The van der Waals surface area contributed by atoms with Crippen LogP contribution in [0.1, 0.15) is 5.56 Å². The first-order valence-electron chi connectivity index (χ1n) is 7.54. The molecule has 0 atom stereocenters. The molecular formula is C17H14ClFN2O6. The summed E-state index contributed by atoms with van der Waals surface area (Å²) in [7, 11) is 0. The Morgan fingerprint density at radius 3 is 2.67 bits per heavy atom. The number of amides is 1. The van der Waals surface area contributed by atoms with Crippen LogP contribution in [-0.2, 0) is 14.3 Å². The van der Waals surface area contributed by atoms with Crippen LogP contribution in [0.3, 0.4) is 0 Å². The van der Waals surface area contributed by atoms with Gasteiger partial charge in [0.15, 0.2) is 13.2 Å². The zero-order chi connectivity index (χ0) is 20.0. The minimum absolute atomic E-state index is 0.289. The molecule has 1 amide bonds. The Bertz CT molecular complexity index is 890. The Kier molecular flexibility index (Phi) is 6.67. The normalized spacial score (nSPS) is 10.2. The molecule has 0 bridgehead atoms. The molecule has 0 aliphatic carbocycles. The van der Waals surface area contributed by atoms with E-state index in [1.807, 2.05) is 6.92 Å². The second kappa shape index (κ2) is 8.95. The van der Waals surface area contributed by atoms with E-state index in [-0.39, 0.29) is 5.75 Å². The lowest BCUT2D eigenvalue weighted by Crippen LogP contribution is -2.24. The first-order chi connectivity index (χ1) is 12.8. The summed E-state index contributed by atoms with van der Waals surface area (Å²) in [6.45, 7) is 0.617. The van der Waals surface area contributed by atoms with Gasteiger partial charge in [-0.05, 0) is 30.7 Å². The van der Waals surface area contributed by atoms with Crippen LogP contribution in [-0.4, -0.2) is 30.0 Å². The van der Waals surface area contributed by atoms with Crippen molar-refractivity contribution in [1.29, 1.82) is 0 Å². The van der Waals surface area contributed by atoms with Gasteiger partial charge in [0.2, 0.25) is 0 Å². The van der Waals surface area contributed by atoms with Gasteiger partial charge in [-0.3, -0.25) is 14.9 Å². The summed E-state index contributed by atoms with van der Waals surface area (Å²) < 4.78 is 23.5. The maximum Gasteiger partial charge on any atom is 0.344 e. The first-order valence-corrected chi connectivity index (χ1v) is 7.92. The van der Waals surface area contributed by atoms with Crippen molar-refractivity contribution in [2.75, 3.05) is 18.5 Å². The number of rotatable bonds is 7. The molecule has 0 radical (unpaired) electrons.